The van der Waals surface area contributed by atoms with Crippen molar-refractivity contribution >= 4 is 34.4 Å². The molecule has 1 aromatic carbocycles. The third kappa shape index (κ3) is 2.30. The van der Waals surface area contributed by atoms with Crippen molar-refractivity contribution in [3.63, 3.8) is 0 Å². The minimum atomic E-state index is -0.821. The Bertz CT molecular complexity index is 708. The van der Waals surface area contributed by atoms with Crippen LogP contribution in [0.25, 0.3) is 10.9 Å². The highest BCUT2D eigenvalue weighted by Crippen LogP contribution is 2.16. The number of hydrogen-bond donors (Lipinski definition) is 4. The maximum atomic E-state index is 11.8. The molecule has 8 nitrogen and oxygen atoms in total. The van der Waals surface area contributed by atoms with Crippen LogP contribution in [0.1, 0.15) is 6.42 Å². The first-order valence-electron chi connectivity index (χ1n) is 5.96. The summed E-state index contributed by atoms with van der Waals surface area (Å²) in [5, 5.41) is 14.7. The highest BCUT2D eigenvalue weighted by atomic mass is 16.2. The molecule has 1 unspecified atom stereocenters. The molecule has 0 radical (unpaired) electrons. The van der Waals surface area contributed by atoms with Gasteiger partial charge in [0.25, 0.3) is 5.91 Å². The average molecular weight is 273 g/mol. The summed E-state index contributed by atoms with van der Waals surface area (Å²) < 4.78 is 0. The van der Waals surface area contributed by atoms with Crippen molar-refractivity contribution < 1.29 is 14.4 Å². The molecule has 1 saturated heterocycles. The molecule has 4 N–H and O–H groups in total. The van der Waals surface area contributed by atoms with E-state index in [1.54, 1.807) is 18.3 Å². The van der Waals surface area contributed by atoms with Gasteiger partial charge in [0.2, 0.25) is 5.91 Å². The van der Waals surface area contributed by atoms with Gasteiger partial charge in [-0.25, -0.2) is 4.79 Å². The first-order valence-corrected chi connectivity index (χ1v) is 5.96. The summed E-state index contributed by atoms with van der Waals surface area (Å²) in [6.45, 7) is 0. The normalized spacial score (nSPS) is 17.9. The van der Waals surface area contributed by atoms with E-state index in [9.17, 15) is 14.4 Å². The molecule has 8 heteroatoms. The predicted octanol–water partition coefficient (Wildman–Crippen LogP) is 0.0995. The summed E-state index contributed by atoms with van der Waals surface area (Å²) in [6.07, 6.45) is 1.57. The Morgan fingerprint density at radius 2 is 2.20 bits per heavy atom. The minimum absolute atomic E-state index is 0.113. The number of carbonyl (C=O) groups excluding carboxylic acids is 3. The van der Waals surface area contributed by atoms with Crippen LogP contribution < -0.4 is 16.0 Å². The number of anilines is 1. The quantitative estimate of drug-likeness (QED) is 0.593. The van der Waals surface area contributed by atoms with Crippen LogP contribution in [0.3, 0.4) is 0 Å². The minimum Gasteiger partial charge on any atom is -0.326 e. The number of carbonyl (C=O) groups is 3. The molecule has 0 aliphatic carbocycles. The van der Waals surface area contributed by atoms with Crippen molar-refractivity contribution in [2.24, 2.45) is 0 Å². The monoisotopic (exact) mass is 273 g/mol. The van der Waals surface area contributed by atoms with Gasteiger partial charge in [-0.2, -0.15) is 5.10 Å². The zero-order chi connectivity index (χ0) is 14.1. The van der Waals surface area contributed by atoms with Crippen LogP contribution in [-0.4, -0.2) is 34.1 Å². The number of H-pyrrole nitrogens is 1. The Morgan fingerprint density at radius 1 is 1.35 bits per heavy atom. The molecular weight excluding hydrogens is 262 g/mol. The molecule has 20 heavy (non-hydrogen) atoms. The SMILES string of the molecule is O=C(CC1NC(=O)NC1=O)Nc1ccc2cn[nH]c2c1. The lowest BCUT2D eigenvalue weighted by Crippen LogP contribution is -2.33. The van der Waals surface area contributed by atoms with Gasteiger partial charge in [0.05, 0.1) is 18.1 Å². The molecule has 3 rings (SSSR count). The van der Waals surface area contributed by atoms with E-state index in [2.05, 4.69) is 26.1 Å². The van der Waals surface area contributed by atoms with Crippen molar-refractivity contribution in [1.82, 2.24) is 20.8 Å². The molecule has 0 bridgehead atoms. The fourth-order valence-corrected chi connectivity index (χ4v) is 2.01. The van der Waals surface area contributed by atoms with Crippen molar-refractivity contribution in [2.45, 2.75) is 12.5 Å². The van der Waals surface area contributed by atoms with Crippen LogP contribution >= 0.6 is 0 Å². The molecule has 1 aliphatic heterocycles. The summed E-state index contributed by atoms with van der Waals surface area (Å²) in [5.74, 6) is -0.847. The standard InChI is InChI=1S/C12H11N5O3/c18-10(4-9-11(19)16-12(20)15-9)14-7-2-1-6-5-13-17-8(6)3-7/h1-3,5,9H,4H2,(H,13,17)(H,14,18)(H2,15,16,19,20). The first kappa shape index (κ1) is 12.2. The van der Waals surface area contributed by atoms with E-state index >= 15 is 0 Å². The number of rotatable bonds is 3. The Kier molecular flexibility index (Phi) is 2.82. The van der Waals surface area contributed by atoms with E-state index in [4.69, 9.17) is 0 Å². The number of fused-ring (bicyclic) bond motifs is 1. The van der Waals surface area contributed by atoms with Gasteiger partial charge in [0, 0.05) is 11.1 Å². The molecule has 2 aromatic rings. The Hall–Kier alpha value is -2.90. The second-order valence-electron chi connectivity index (χ2n) is 4.44. The van der Waals surface area contributed by atoms with E-state index < -0.39 is 18.0 Å². The molecule has 1 fully saturated rings. The topological polar surface area (TPSA) is 116 Å². The van der Waals surface area contributed by atoms with Gasteiger partial charge in [-0.15, -0.1) is 0 Å². The fourth-order valence-electron chi connectivity index (χ4n) is 2.01. The van der Waals surface area contributed by atoms with Gasteiger partial charge < -0.3 is 10.6 Å². The Balaban J connectivity index is 1.66. The average Bonchev–Trinajstić information content (AvgIpc) is 2.96. The summed E-state index contributed by atoms with van der Waals surface area (Å²) in [6, 6.07) is 3.90. The molecule has 4 amide bonds. The van der Waals surface area contributed by atoms with Gasteiger partial charge in [-0.1, -0.05) is 0 Å². The molecule has 2 heterocycles. The van der Waals surface area contributed by atoms with Gasteiger partial charge >= 0.3 is 6.03 Å². The lowest BCUT2D eigenvalue weighted by atomic mass is 10.2. The second kappa shape index (κ2) is 4.65. The maximum Gasteiger partial charge on any atom is 0.322 e. The highest BCUT2D eigenvalue weighted by molar-refractivity contribution is 6.07. The summed E-state index contributed by atoms with van der Waals surface area (Å²) in [4.78, 5) is 34.1. The van der Waals surface area contributed by atoms with Crippen LogP contribution in [0.15, 0.2) is 24.4 Å². The lowest BCUT2D eigenvalue weighted by molar-refractivity contribution is -0.124. The van der Waals surface area contributed by atoms with E-state index in [1.807, 2.05) is 6.07 Å². The molecule has 0 spiro atoms. The maximum absolute atomic E-state index is 11.8. The highest BCUT2D eigenvalue weighted by Gasteiger charge is 2.31. The first-order chi connectivity index (χ1) is 9.61. The van der Waals surface area contributed by atoms with Gasteiger partial charge in [-0.05, 0) is 18.2 Å². The van der Waals surface area contributed by atoms with Crippen LogP contribution in [0.2, 0.25) is 0 Å². The molecule has 102 valence electrons. The number of aromatic amines is 1. The van der Waals surface area contributed by atoms with Crippen LogP contribution in [0, 0.1) is 0 Å². The van der Waals surface area contributed by atoms with Crippen molar-refractivity contribution in [3.8, 4) is 0 Å². The van der Waals surface area contributed by atoms with Crippen LogP contribution in [0.5, 0.6) is 0 Å². The number of nitrogens with one attached hydrogen (secondary N) is 4. The molecule has 1 atom stereocenters. The van der Waals surface area contributed by atoms with Gasteiger partial charge in [0.15, 0.2) is 0 Å². The van der Waals surface area contributed by atoms with Crippen molar-refractivity contribution in [2.75, 3.05) is 5.32 Å². The Morgan fingerprint density at radius 3 is 2.95 bits per heavy atom. The molecule has 1 aliphatic rings. The van der Waals surface area contributed by atoms with E-state index in [0.29, 0.717) is 5.69 Å². The number of aromatic nitrogens is 2. The van der Waals surface area contributed by atoms with E-state index in [-0.39, 0.29) is 12.3 Å². The summed E-state index contributed by atoms with van der Waals surface area (Å²) in [7, 11) is 0. The van der Waals surface area contributed by atoms with Crippen molar-refractivity contribution in [1.29, 1.82) is 0 Å². The van der Waals surface area contributed by atoms with E-state index in [0.717, 1.165) is 10.9 Å². The van der Waals surface area contributed by atoms with Crippen molar-refractivity contribution in [3.05, 3.63) is 24.4 Å². The second-order valence-corrected chi connectivity index (χ2v) is 4.44. The number of urea groups is 1. The Labute approximate surface area is 112 Å². The number of amides is 4. The van der Waals surface area contributed by atoms with Crippen LogP contribution in [0.4, 0.5) is 10.5 Å². The lowest BCUT2D eigenvalue weighted by Gasteiger charge is -2.08. The number of benzene rings is 1. The fraction of sp³-hybridized carbons (Fsp3) is 0.167. The smallest absolute Gasteiger partial charge is 0.322 e. The molecular formula is C12H11N5O3. The zero-order valence-electron chi connectivity index (χ0n) is 10.3. The summed E-state index contributed by atoms with van der Waals surface area (Å²) >= 11 is 0. The largest absolute Gasteiger partial charge is 0.326 e. The van der Waals surface area contributed by atoms with Gasteiger partial charge in [-0.3, -0.25) is 20.0 Å². The third-order valence-corrected chi connectivity index (χ3v) is 2.97. The zero-order valence-corrected chi connectivity index (χ0v) is 10.3. The van der Waals surface area contributed by atoms with E-state index in [1.165, 1.54) is 0 Å². The molecule has 0 saturated carbocycles. The molecule has 1 aromatic heterocycles. The number of hydrogen-bond acceptors (Lipinski definition) is 4. The van der Waals surface area contributed by atoms with Crippen LogP contribution in [-0.2, 0) is 9.59 Å². The predicted molar refractivity (Wildman–Crippen MR) is 69.8 cm³/mol. The number of nitrogens with zero attached hydrogens (tertiary/aromatic N) is 1. The number of imide groups is 1. The third-order valence-electron chi connectivity index (χ3n) is 2.97. The summed E-state index contributed by atoms with van der Waals surface area (Å²) in [5.41, 5.74) is 1.39. The van der Waals surface area contributed by atoms with Gasteiger partial charge in [0.1, 0.15) is 6.04 Å².